The minimum atomic E-state index is -0.873. The van der Waals surface area contributed by atoms with Gasteiger partial charge in [0.2, 0.25) is 0 Å². The molecule has 4 amide bonds. The van der Waals surface area contributed by atoms with Crippen molar-refractivity contribution in [3.05, 3.63) is 98.1 Å². The average molecular weight is 536 g/mol. The van der Waals surface area contributed by atoms with Crippen molar-refractivity contribution in [3.8, 4) is 11.5 Å². The smallest absolute Gasteiger partial charge is 0.335 e. The van der Waals surface area contributed by atoms with E-state index in [1.165, 1.54) is 24.3 Å². The van der Waals surface area contributed by atoms with Crippen molar-refractivity contribution in [1.82, 2.24) is 5.32 Å². The second kappa shape index (κ2) is 11.1. The summed E-state index contributed by atoms with van der Waals surface area (Å²) in [6.07, 6.45) is 1.35. The summed E-state index contributed by atoms with van der Waals surface area (Å²) in [5.41, 5.74) is 1.63. The largest absolute Gasteiger partial charge is 0.490 e. The summed E-state index contributed by atoms with van der Waals surface area (Å²) >= 11 is 6.07. The van der Waals surface area contributed by atoms with Gasteiger partial charge in [0.05, 0.1) is 17.2 Å². The van der Waals surface area contributed by atoms with Gasteiger partial charge in [-0.25, -0.2) is 9.69 Å². The number of halogens is 1. The van der Waals surface area contributed by atoms with Gasteiger partial charge in [-0.05, 0) is 60.9 Å². The number of nitrogens with one attached hydrogen (secondary N) is 1. The molecule has 1 aliphatic rings. The second-order valence-corrected chi connectivity index (χ2v) is 8.68. The van der Waals surface area contributed by atoms with Gasteiger partial charge in [0.15, 0.2) is 11.5 Å². The Kier molecular flexibility index (Phi) is 7.73. The van der Waals surface area contributed by atoms with Crippen LogP contribution in [0.4, 0.5) is 16.2 Å². The van der Waals surface area contributed by atoms with Gasteiger partial charge >= 0.3 is 6.03 Å². The zero-order chi connectivity index (χ0) is 27.4. The normalized spacial score (nSPS) is 14.4. The van der Waals surface area contributed by atoms with Crippen LogP contribution in [-0.4, -0.2) is 29.4 Å². The Hall–Kier alpha value is -4.70. The summed E-state index contributed by atoms with van der Waals surface area (Å²) in [4.78, 5) is 49.8. The van der Waals surface area contributed by atoms with E-state index in [0.29, 0.717) is 39.8 Å². The van der Waals surface area contributed by atoms with E-state index in [1.807, 2.05) is 0 Å². The third kappa shape index (κ3) is 5.65. The van der Waals surface area contributed by atoms with Gasteiger partial charge in [0.25, 0.3) is 17.5 Å². The first-order valence-electron chi connectivity index (χ1n) is 11.5. The molecule has 1 aliphatic heterocycles. The van der Waals surface area contributed by atoms with Gasteiger partial charge in [-0.15, -0.1) is 0 Å². The molecule has 11 heteroatoms. The van der Waals surface area contributed by atoms with Crippen molar-refractivity contribution < 1.29 is 28.8 Å². The fourth-order valence-corrected chi connectivity index (χ4v) is 3.96. The molecule has 0 spiro atoms. The number of hydrogen-bond acceptors (Lipinski definition) is 7. The van der Waals surface area contributed by atoms with Crippen LogP contribution in [0.3, 0.4) is 0 Å². The molecular weight excluding hydrogens is 514 g/mol. The highest BCUT2D eigenvalue weighted by Crippen LogP contribution is 2.32. The molecule has 1 fully saturated rings. The maximum Gasteiger partial charge on any atom is 0.335 e. The van der Waals surface area contributed by atoms with Gasteiger partial charge in [-0.1, -0.05) is 35.9 Å². The lowest BCUT2D eigenvalue weighted by atomic mass is 10.1. The van der Waals surface area contributed by atoms with Crippen LogP contribution in [0.5, 0.6) is 11.5 Å². The Morgan fingerprint density at radius 3 is 2.55 bits per heavy atom. The van der Waals surface area contributed by atoms with E-state index in [2.05, 4.69) is 5.32 Å². The Morgan fingerprint density at radius 1 is 1.03 bits per heavy atom. The second-order valence-electron chi connectivity index (χ2n) is 8.24. The van der Waals surface area contributed by atoms with Gasteiger partial charge in [-0.2, -0.15) is 0 Å². The van der Waals surface area contributed by atoms with Crippen molar-refractivity contribution in [2.75, 3.05) is 11.5 Å². The standard InChI is InChI=1S/C27H22ClN3O7/c1-3-37-24-13-17(8-10-23(24)38-15-18-5-4-6-20(11-18)31(35)36)12-21-25(32)29-27(34)30(26(21)33)22-14-19(28)9-7-16(22)2/h4-14H,3,15H2,1-2H3,(H,29,32,34)/b21-12+. The number of nitro groups is 1. The highest BCUT2D eigenvalue weighted by molar-refractivity contribution is 6.39. The molecule has 0 atom stereocenters. The van der Waals surface area contributed by atoms with Crippen molar-refractivity contribution >= 4 is 46.9 Å². The topological polar surface area (TPSA) is 128 Å². The highest BCUT2D eigenvalue weighted by Gasteiger charge is 2.37. The average Bonchev–Trinajstić information content (AvgIpc) is 2.88. The lowest BCUT2D eigenvalue weighted by molar-refractivity contribution is -0.384. The molecular formula is C27H22ClN3O7. The van der Waals surface area contributed by atoms with E-state index in [0.717, 1.165) is 4.90 Å². The molecule has 1 N–H and O–H groups in total. The summed E-state index contributed by atoms with van der Waals surface area (Å²) in [6.45, 7) is 3.86. The van der Waals surface area contributed by atoms with Gasteiger partial charge in [-0.3, -0.25) is 25.0 Å². The van der Waals surface area contributed by atoms with E-state index in [9.17, 15) is 24.5 Å². The van der Waals surface area contributed by atoms with E-state index < -0.39 is 22.8 Å². The Labute approximate surface area is 222 Å². The number of aryl methyl sites for hydroxylation is 1. The summed E-state index contributed by atoms with van der Waals surface area (Å²) < 4.78 is 11.5. The van der Waals surface area contributed by atoms with Crippen LogP contribution in [0.2, 0.25) is 5.02 Å². The number of barbiturate groups is 1. The van der Waals surface area contributed by atoms with Crippen LogP contribution in [0.1, 0.15) is 23.6 Å². The van der Waals surface area contributed by atoms with Crippen molar-refractivity contribution in [3.63, 3.8) is 0 Å². The van der Waals surface area contributed by atoms with Crippen LogP contribution in [0.15, 0.2) is 66.2 Å². The molecule has 3 aromatic rings. The molecule has 0 saturated carbocycles. The summed E-state index contributed by atoms with van der Waals surface area (Å²) in [7, 11) is 0. The Bertz CT molecular complexity index is 1490. The lowest BCUT2D eigenvalue weighted by Crippen LogP contribution is -2.54. The third-order valence-corrected chi connectivity index (χ3v) is 5.84. The van der Waals surface area contributed by atoms with E-state index >= 15 is 0 Å². The van der Waals surface area contributed by atoms with Gasteiger partial charge in [0, 0.05) is 17.2 Å². The maximum atomic E-state index is 13.3. The Morgan fingerprint density at radius 2 is 1.82 bits per heavy atom. The highest BCUT2D eigenvalue weighted by atomic mass is 35.5. The number of ether oxygens (including phenoxy) is 2. The minimum absolute atomic E-state index is 0.0472. The molecule has 0 radical (unpaired) electrons. The number of anilines is 1. The van der Waals surface area contributed by atoms with E-state index in [1.54, 1.807) is 56.3 Å². The molecule has 0 bridgehead atoms. The molecule has 4 rings (SSSR count). The van der Waals surface area contributed by atoms with E-state index in [-0.39, 0.29) is 23.6 Å². The number of imide groups is 2. The number of benzene rings is 3. The van der Waals surface area contributed by atoms with Crippen LogP contribution in [0.25, 0.3) is 6.08 Å². The van der Waals surface area contributed by atoms with Gasteiger partial charge < -0.3 is 9.47 Å². The van der Waals surface area contributed by atoms with Gasteiger partial charge in [0.1, 0.15) is 12.2 Å². The molecule has 38 heavy (non-hydrogen) atoms. The van der Waals surface area contributed by atoms with Crippen molar-refractivity contribution in [2.24, 2.45) is 0 Å². The number of non-ortho nitro benzene ring substituents is 1. The molecule has 0 unspecified atom stereocenters. The zero-order valence-corrected chi connectivity index (χ0v) is 21.2. The predicted molar refractivity (Wildman–Crippen MR) is 140 cm³/mol. The molecule has 1 heterocycles. The first-order chi connectivity index (χ1) is 18.2. The molecule has 194 valence electrons. The number of hydrogen-bond donors (Lipinski definition) is 1. The number of carbonyl (C=O) groups is 3. The SMILES string of the molecule is CCOc1cc(/C=C2\C(=O)NC(=O)N(c3cc(Cl)ccc3C)C2=O)ccc1OCc1cccc([N+](=O)[O-])c1. The molecule has 3 aromatic carbocycles. The summed E-state index contributed by atoms with van der Waals surface area (Å²) in [5.74, 6) is -0.922. The van der Waals surface area contributed by atoms with Crippen LogP contribution in [-0.2, 0) is 16.2 Å². The molecule has 0 aromatic heterocycles. The van der Waals surface area contributed by atoms with Crippen molar-refractivity contribution in [1.29, 1.82) is 0 Å². The molecule has 0 aliphatic carbocycles. The lowest BCUT2D eigenvalue weighted by Gasteiger charge is -2.27. The number of urea groups is 1. The fraction of sp³-hybridized carbons (Fsp3) is 0.148. The number of carbonyl (C=O) groups excluding carboxylic acids is 3. The van der Waals surface area contributed by atoms with Crippen LogP contribution in [0, 0.1) is 17.0 Å². The molecule has 1 saturated heterocycles. The maximum absolute atomic E-state index is 13.3. The molecule has 10 nitrogen and oxygen atoms in total. The Balaban J connectivity index is 1.62. The minimum Gasteiger partial charge on any atom is -0.490 e. The first kappa shape index (κ1) is 26.4. The quantitative estimate of drug-likeness (QED) is 0.182. The fourth-order valence-electron chi connectivity index (χ4n) is 3.79. The summed E-state index contributed by atoms with van der Waals surface area (Å²) in [5, 5.41) is 13.5. The van der Waals surface area contributed by atoms with Crippen LogP contribution < -0.4 is 19.7 Å². The number of rotatable bonds is 8. The monoisotopic (exact) mass is 535 g/mol. The zero-order valence-electron chi connectivity index (χ0n) is 20.4. The first-order valence-corrected chi connectivity index (χ1v) is 11.9. The number of nitro benzene ring substituents is 1. The van der Waals surface area contributed by atoms with E-state index in [4.69, 9.17) is 21.1 Å². The number of nitrogens with zero attached hydrogens (tertiary/aromatic N) is 2. The van der Waals surface area contributed by atoms with Crippen LogP contribution >= 0.6 is 11.6 Å². The third-order valence-electron chi connectivity index (χ3n) is 5.61. The summed E-state index contributed by atoms with van der Waals surface area (Å²) in [6, 6.07) is 14.8. The predicted octanol–water partition coefficient (Wildman–Crippen LogP) is 5.20. The van der Waals surface area contributed by atoms with Crippen molar-refractivity contribution in [2.45, 2.75) is 20.5 Å². The number of amides is 4.